The molecule has 1 amide bonds. The van der Waals surface area contributed by atoms with E-state index in [9.17, 15) is 14.9 Å². The first-order chi connectivity index (χ1) is 12.2. The third kappa shape index (κ3) is 8.34. The first-order valence-corrected chi connectivity index (χ1v) is 8.36. The van der Waals surface area contributed by atoms with Crippen LogP contribution in [0.2, 0.25) is 0 Å². The number of anilines is 1. The second-order valence-corrected chi connectivity index (χ2v) is 5.73. The van der Waals surface area contributed by atoms with Gasteiger partial charge >= 0.3 is 6.23 Å². The van der Waals surface area contributed by atoms with Gasteiger partial charge in [-0.1, -0.05) is 32.0 Å². The van der Waals surface area contributed by atoms with Crippen molar-refractivity contribution in [2.45, 2.75) is 40.0 Å². The Hall–Kier alpha value is -2.07. The first-order valence-electron chi connectivity index (χ1n) is 8.36. The molecule has 0 radical (unpaired) electrons. The Bertz CT molecular complexity index is 557. The van der Waals surface area contributed by atoms with Crippen LogP contribution in [0.5, 0.6) is 0 Å². The molecule has 0 heterocycles. The zero-order valence-electron chi connectivity index (χ0n) is 15.7. The molecule has 0 saturated carbocycles. The van der Waals surface area contributed by atoms with Crippen molar-refractivity contribution in [1.82, 2.24) is 4.90 Å². The summed E-state index contributed by atoms with van der Waals surface area (Å²) in [4.78, 5) is 22.5. The normalized spacial score (nSPS) is 12.8. The standard InChI is InChI=1S/C14H22N2O.C3H7NO5/c1-5-16(6-2)10-13(17)15-14-11(3)8-7-9-12(14)4;5-1-2(6)3(7)4(8)9/h7-9H,5-6,10H2,1-4H3,(H,15,17);2-3,5-7H,1H2. The lowest BCUT2D eigenvalue weighted by molar-refractivity contribution is -0.583. The number of likely N-dealkylation sites (N-methyl/N-ethyl adjacent to an activating group) is 1. The van der Waals surface area contributed by atoms with Gasteiger partial charge in [0.05, 0.1) is 18.1 Å². The average Bonchev–Trinajstić information content (AvgIpc) is 2.61. The van der Waals surface area contributed by atoms with Crippen molar-refractivity contribution in [3.05, 3.63) is 39.4 Å². The summed E-state index contributed by atoms with van der Waals surface area (Å²) in [5, 5.41) is 37.3. The van der Waals surface area contributed by atoms with Crippen molar-refractivity contribution in [2.75, 3.05) is 31.6 Å². The second-order valence-electron chi connectivity index (χ2n) is 5.73. The summed E-state index contributed by atoms with van der Waals surface area (Å²) in [6.45, 7) is 9.60. The maximum absolute atomic E-state index is 11.9. The van der Waals surface area contributed by atoms with E-state index in [2.05, 4.69) is 24.1 Å². The zero-order valence-corrected chi connectivity index (χ0v) is 15.7. The van der Waals surface area contributed by atoms with Crippen molar-refractivity contribution in [2.24, 2.45) is 0 Å². The number of nitrogens with zero attached hydrogens (tertiary/aromatic N) is 2. The molecule has 0 aliphatic carbocycles. The number of amides is 1. The minimum absolute atomic E-state index is 0.0612. The molecule has 0 spiro atoms. The highest BCUT2D eigenvalue weighted by atomic mass is 16.7. The molecule has 148 valence electrons. The quantitative estimate of drug-likeness (QED) is 0.297. The van der Waals surface area contributed by atoms with Crippen molar-refractivity contribution >= 4 is 11.6 Å². The van der Waals surface area contributed by atoms with Crippen LogP contribution in [0.4, 0.5) is 5.69 Å². The van der Waals surface area contributed by atoms with E-state index < -0.39 is 23.9 Å². The molecular formula is C17H29N3O6. The fraction of sp³-hybridized carbons (Fsp3) is 0.588. The summed E-state index contributed by atoms with van der Waals surface area (Å²) in [5.74, 6) is 0.0612. The van der Waals surface area contributed by atoms with Gasteiger partial charge in [-0.2, -0.15) is 0 Å². The predicted molar refractivity (Wildman–Crippen MR) is 98.4 cm³/mol. The highest BCUT2D eigenvalue weighted by Crippen LogP contribution is 2.19. The maximum Gasteiger partial charge on any atom is 0.341 e. The number of para-hydroxylation sites is 1. The van der Waals surface area contributed by atoms with Gasteiger partial charge in [0.25, 0.3) is 0 Å². The van der Waals surface area contributed by atoms with Crippen LogP contribution in [0.3, 0.4) is 0 Å². The number of aliphatic hydroxyl groups excluding tert-OH is 3. The monoisotopic (exact) mass is 371 g/mol. The van der Waals surface area contributed by atoms with Crippen molar-refractivity contribution in [3.63, 3.8) is 0 Å². The number of benzene rings is 1. The summed E-state index contributed by atoms with van der Waals surface area (Å²) in [6, 6.07) is 6.03. The van der Waals surface area contributed by atoms with E-state index in [1.54, 1.807) is 0 Å². The van der Waals surface area contributed by atoms with Gasteiger partial charge < -0.3 is 20.6 Å². The highest BCUT2D eigenvalue weighted by molar-refractivity contribution is 5.93. The summed E-state index contributed by atoms with van der Waals surface area (Å²) in [6.07, 6.45) is -3.78. The van der Waals surface area contributed by atoms with E-state index in [4.69, 9.17) is 15.3 Å². The van der Waals surface area contributed by atoms with Crippen molar-refractivity contribution in [3.8, 4) is 0 Å². The molecule has 0 aliphatic rings. The summed E-state index contributed by atoms with van der Waals surface area (Å²) < 4.78 is 0. The predicted octanol–water partition coefficient (Wildman–Crippen LogP) is 0.518. The number of aliphatic hydroxyl groups is 3. The van der Waals surface area contributed by atoms with Crippen LogP contribution in [-0.4, -0.2) is 69.6 Å². The number of carbonyl (C=O) groups is 1. The number of aryl methyl sites for hydroxylation is 2. The van der Waals surface area contributed by atoms with E-state index in [1.165, 1.54) is 0 Å². The van der Waals surface area contributed by atoms with E-state index in [1.807, 2.05) is 32.0 Å². The summed E-state index contributed by atoms with van der Waals surface area (Å²) in [7, 11) is 0. The molecule has 0 aromatic heterocycles. The number of nitrogens with one attached hydrogen (secondary N) is 1. The number of carbonyl (C=O) groups excluding carboxylic acids is 1. The molecule has 1 aromatic rings. The van der Waals surface area contributed by atoms with E-state index in [-0.39, 0.29) is 5.91 Å². The van der Waals surface area contributed by atoms with Gasteiger partial charge in [0.1, 0.15) is 0 Å². The molecule has 1 aromatic carbocycles. The van der Waals surface area contributed by atoms with E-state index >= 15 is 0 Å². The molecule has 0 bridgehead atoms. The lowest BCUT2D eigenvalue weighted by Gasteiger charge is -2.18. The molecule has 9 heteroatoms. The molecule has 2 atom stereocenters. The van der Waals surface area contributed by atoms with E-state index in [0.717, 1.165) is 29.9 Å². The van der Waals surface area contributed by atoms with Gasteiger partial charge in [-0.15, -0.1) is 0 Å². The molecule has 0 saturated heterocycles. The topological polar surface area (TPSA) is 136 Å². The van der Waals surface area contributed by atoms with Crippen molar-refractivity contribution in [1.29, 1.82) is 0 Å². The van der Waals surface area contributed by atoms with Gasteiger partial charge in [-0.25, -0.2) is 0 Å². The fourth-order valence-electron chi connectivity index (χ4n) is 2.08. The Morgan fingerprint density at radius 1 is 1.23 bits per heavy atom. The first kappa shape index (κ1) is 23.9. The van der Waals surface area contributed by atoms with Crippen LogP contribution < -0.4 is 5.32 Å². The Balaban J connectivity index is 0.000000590. The Morgan fingerprint density at radius 3 is 2.08 bits per heavy atom. The SMILES string of the molecule is CCN(CC)CC(=O)Nc1c(C)cccc1C.O=[N+]([O-])C(O)C(O)CO. The van der Waals surface area contributed by atoms with Crippen LogP contribution >= 0.6 is 0 Å². The van der Waals surface area contributed by atoms with Crippen LogP contribution in [-0.2, 0) is 4.79 Å². The molecular weight excluding hydrogens is 342 g/mol. The van der Waals surface area contributed by atoms with Gasteiger partial charge in [-0.05, 0) is 38.1 Å². The number of hydrogen-bond donors (Lipinski definition) is 4. The number of rotatable bonds is 8. The summed E-state index contributed by atoms with van der Waals surface area (Å²) >= 11 is 0. The zero-order chi connectivity index (χ0) is 20.3. The van der Waals surface area contributed by atoms with Gasteiger partial charge in [-0.3, -0.25) is 19.8 Å². The molecule has 0 fully saturated rings. The lowest BCUT2D eigenvalue weighted by atomic mass is 10.1. The third-order valence-electron chi connectivity index (χ3n) is 3.75. The third-order valence-corrected chi connectivity index (χ3v) is 3.75. The smallest absolute Gasteiger partial charge is 0.341 e. The molecule has 26 heavy (non-hydrogen) atoms. The second kappa shape index (κ2) is 12.3. The van der Waals surface area contributed by atoms with Crippen molar-refractivity contribution < 1.29 is 25.0 Å². The van der Waals surface area contributed by atoms with Crippen LogP contribution in [0.1, 0.15) is 25.0 Å². The Morgan fingerprint density at radius 2 is 1.73 bits per heavy atom. The van der Waals surface area contributed by atoms with Gasteiger partial charge in [0.15, 0.2) is 6.10 Å². The lowest BCUT2D eigenvalue weighted by Crippen LogP contribution is -2.35. The molecule has 4 N–H and O–H groups in total. The molecule has 2 unspecified atom stereocenters. The molecule has 0 aliphatic heterocycles. The molecule has 9 nitrogen and oxygen atoms in total. The summed E-state index contributed by atoms with van der Waals surface area (Å²) in [5.41, 5.74) is 3.17. The highest BCUT2D eigenvalue weighted by Gasteiger charge is 2.25. The number of hydrogen-bond acceptors (Lipinski definition) is 7. The number of nitro groups is 1. The average molecular weight is 371 g/mol. The van der Waals surface area contributed by atoms with E-state index in [0.29, 0.717) is 6.54 Å². The fourth-order valence-corrected chi connectivity index (χ4v) is 2.08. The van der Waals surface area contributed by atoms with Crippen LogP contribution in [0, 0.1) is 24.0 Å². The Kier molecular flexibility index (Phi) is 11.3. The van der Waals surface area contributed by atoms with Crippen LogP contribution in [0.25, 0.3) is 0 Å². The maximum atomic E-state index is 11.9. The minimum atomic E-state index is -2.09. The van der Waals surface area contributed by atoms with Gasteiger partial charge in [0.2, 0.25) is 5.91 Å². The minimum Gasteiger partial charge on any atom is -0.393 e. The molecule has 1 rings (SSSR count). The van der Waals surface area contributed by atoms with Crippen LogP contribution in [0.15, 0.2) is 18.2 Å². The van der Waals surface area contributed by atoms with Gasteiger partial charge in [0, 0.05) is 5.69 Å². The largest absolute Gasteiger partial charge is 0.393 e. The Labute approximate surface area is 153 Å².